The second kappa shape index (κ2) is 16.0. The summed E-state index contributed by atoms with van der Waals surface area (Å²) in [6.45, 7) is 0. The minimum Gasteiger partial charge on any atom is -0.317 e. The van der Waals surface area contributed by atoms with Crippen LogP contribution in [0.2, 0.25) is 0 Å². The highest BCUT2D eigenvalue weighted by atomic mass is 16.7. The van der Waals surface area contributed by atoms with E-state index in [2.05, 4.69) is 41.2 Å². The van der Waals surface area contributed by atoms with Gasteiger partial charge in [0.2, 0.25) is 0 Å². The van der Waals surface area contributed by atoms with E-state index >= 15 is 0 Å². The molecule has 4 aromatic carbocycles. The van der Waals surface area contributed by atoms with E-state index in [4.69, 9.17) is 19.4 Å². The number of carbonyl (C=O) groups excluding carboxylic acids is 4. The Balaban J connectivity index is 1.03. The molecule has 20 nitrogen and oxygen atoms in total. The molecule has 0 saturated carbocycles. The summed E-state index contributed by atoms with van der Waals surface area (Å²) in [4.78, 5) is 79.8. The van der Waals surface area contributed by atoms with Gasteiger partial charge in [-0.25, -0.2) is 19.2 Å². The number of benzene rings is 4. The Morgan fingerprint density at radius 2 is 0.614 bits per heavy atom. The van der Waals surface area contributed by atoms with Gasteiger partial charge in [-0.1, -0.05) is 67.9 Å². The van der Waals surface area contributed by atoms with Crippen LogP contribution in [-0.4, -0.2) is 84.5 Å². The molecule has 4 aromatic heterocycles. The Bertz CT molecular complexity index is 2360. The molecular weight excluding hydrogens is 740 g/mol. The third-order valence-corrected chi connectivity index (χ3v) is 9.48. The average Bonchev–Trinajstić information content (AvgIpc) is 4.04. The maximum Gasteiger partial charge on any atom is 0.335 e. The molecule has 0 spiro atoms. The van der Waals surface area contributed by atoms with Crippen molar-refractivity contribution in [2.75, 3.05) is 0 Å². The molecule has 57 heavy (non-hydrogen) atoms. The van der Waals surface area contributed by atoms with Gasteiger partial charge in [-0.05, 0) is 100 Å². The molecule has 0 unspecified atom stereocenters. The number of rotatable bonds is 16. The summed E-state index contributed by atoms with van der Waals surface area (Å²) in [6, 6.07) is 27.8. The Morgan fingerprint density at radius 1 is 0.386 bits per heavy atom. The highest BCUT2D eigenvalue weighted by Crippen LogP contribution is 2.40. The Morgan fingerprint density at radius 3 is 0.860 bits per heavy atom. The summed E-state index contributed by atoms with van der Waals surface area (Å²) >= 11 is 0. The van der Waals surface area contributed by atoms with Gasteiger partial charge >= 0.3 is 23.9 Å². The van der Waals surface area contributed by atoms with Crippen LogP contribution in [0.3, 0.4) is 0 Å². The molecule has 4 heterocycles. The summed E-state index contributed by atoms with van der Waals surface area (Å²) in [5.41, 5.74) is 2.97. The lowest BCUT2D eigenvalue weighted by molar-refractivity contribution is -0.147. The number of fused-ring (bicyclic) bond motifs is 4. The lowest BCUT2D eigenvalue weighted by Gasteiger charge is -2.33. The topological polar surface area (TPSA) is 228 Å². The van der Waals surface area contributed by atoms with Crippen LogP contribution < -0.4 is 19.4 Å². The van der Waals surface area contributed by atoms with Gasteiger partial charge in [0.1, 0.15) is 44.1 Å². The quantitative estimate of drug-likeness (QED) is 0.129. The lowest BCUT2D eigenvalue weighted by atomic mass is 9.72. The molecule has 0 fully saturated rings. The summed E-state index contributed by atoms with van der Waals surface area (Å²) < 4.78 is 0. The first-order chi connectivity index (χ1) is 27.8. The Hall–Kier alpha value is -7.64. The molecule has 8 aromatic rings. The molecule has 8 rings (SSSR count). The van der Waals surface area contributed by atoms with Crippen molar-refractivity contribution in [2.24, 2.45) is 5.41 Å². The number of nitrogens with zero attached hydrogens (tertiary/aromatic N) is 12. The summed E-state index contributed by atoms with van der Waals surface area (Å²) in [6.07, 6.45) is -0.502. The van der Waals surface area contributed by atoms with Crippen LogP contribution in [0.5, 0.6) is 0 Å². The molecule has 20 heteroatoms. The molecule has 0 N–H and O–H groups in total. The highest BCUT2D eigenvalue weighted by molar-refractivity contribution is 5.78. The fourth-order valence-electron chi connectivity index (χ4n) is 6.45. The minimum absolute atomic E-state index is 0.0665. The largest absolute Gasteiger partial charge is 0.335 e. The SMILES string of the molecule is O=C(CCC(CCC(=O)On1nnc2ccccc21)(CCC(=O)On1nnc2ccccc21)CCC(=O)On1nnc2ccccc21)On1nnc2ccccc21. The Kier molecular flexibility index (Phi) is 10.2. The van der Waals surface area contributed by atoms with Crippen LogP contribution in [0.1, 0.15) is 51.4 Å². The average molecular weight is 773 g/mol. The minimum atomic E-state index is -1.04. The lowest BCUT2D eigenvalue weighted by Crippen LogP contribution is -2.31. The van der Waals surface area contributed by atoms with Gasteiger partial charge in [0.05, 0.1) is 0 Å². The van der Waals surface area contributed by atoms with Gasteiger partial charge in [-0.3, -0.25) is 0 Å². The molecule has 0 radical (unpaired) electrons. The fraction of sp³-hybridized carbons (Fsp3) is 0.243. The fourth-order valence-corrected chi connectivity index (χ4v) is 6.45. The zero-order chi connectivity index (χ0) is 39.2. The van der Waals surface area contributed by atoms with Crippen LogP contribution in [0, 0.1) is 5.41 Å². The molecule has 0 bridgehead atoms. The molecule has 0 aliphatic rings. The van der Waals surface area contributed by atoms with Crippen molar-refractivity contribution in [1.29, 1.82) is 0 Å². The summed E-state index contributed by atoms with van der Waals surface area (Å²) in [5, 5.41) is 31.8. The second-order valence-electron chi connectivity index (χ2n) is 13.2. The van der Waals surface area contributed by atoms with E-state index in [1.807, 2.05) is 0 Å². The molecule has 288 valence electrons. The zero-order valence-corrected chi connectivity index (χ0v) is 30.0. The first-order valence-electron chi connectivity index (χ1n) is 17.9. The first-order valence-corrected chi connectivity index (χ1v) is 17.9. The number of carbonyl (C=O) groups is 4. The number of para-hydroxylation sites is 4. The summed E-state index contributed by atoms with van der Waals surface area (Å²) in [7, 11) is 0. The summed E-state index contributed by atoms with van der Waals surface area (Å²) in [5.74, 6) is -2.67. The van der Waals surface area contributed by atoms with E-state index in [1.54, 1.807) is 97.1 Å². The van der Waals surface area contributed by atoms with Gasteiger partial charge in [0, 0.05) is 25.7 Å². The maximum atomic E-state index is 13.4. The van der Waals surface area contributed by atoms with Crippen LogP contribution in [0.4, 0.5) is 0 Å². The smallest absolute Gasteiger partial charge is 0.317 e. The van der Waals surface area contributed by atoms with Crippen molar-refractivity contribution in [3.05, 3.63) is 97.1 Å². The standard InChI is InChI=1S/C37H32N12O8/c50-33(54-46-29-13-5-1-9-25(29)38-42-46)17-21-37(22-18-34(51)55-47-30-14-6-2-10-26(30)39-43-47,23-19-35(52)56-48-31-15-7-3-11-27(31)40-44-48)24-20-36(53)57-49-32-16-8-4-12-28(32)41-45-49/h1-16H,17-24H2. The van der Waals surface area contributed by atoms with E-state index < -0.39 is 29.3 Å². The molecule has 0 atom stereocenters. The van der Waals surface area contributed by atoms with E-state index in [0.29, 0.717) is 44.1 Å². The predicted molar refractivity (Wildman–Crippen MR) is 196 cm³/mol. The van der Waals surface area contributed by atoms with Gasteiger partial charge in [-0.15, -0.1) is 20.4 Å². The first kappa shape index (κ1) is 36.3. The van der Waals surface area contributed by atoms with Crippen molar-refractivity contribution in [1.82, 2.24) is 60.6 Å². The molecule has 0 aliphatic heterocycles. The van der Waals surface area contributed by atoms with Crippen LogP contribution in [0.15, 0.2) is 97.1 Å². The van der Waals surface area contributed by atoms with E-state index in [0.717, 1.165) is 19.4 Å². The van der Waals surface area contributed by atoms with Crippen LogP contribution >= 0.6 is 0 Å². The number of aromatic nitrogens is 12. The highest BCUT2D eigenvalue weighted by Gasteiger charge is 2.34. The third-order valence-electron chi connectivity index (χ3n) is 9.48. The predicted octanol–water partition coefficient (Wildman–Crippen LogP) is 2.69. The van der Waals surface area contributed by atoms with E-state index in [-0.39, 0.29) is 51.4 Å². The van der Waals surface area contributed by atoms with E-state index in [9.17, 15) is 19.2 Å². The van der Waals surface area contributed by atoms with Crippen molar-refractivity contribution in [3.8, 4) is 0 Å². The second-order valence-corrected chi connectivity index (χ2v) is 13.2. The van der Waals surface area contributed by atoms with Crippen LogP contribution in [0.25, 0.3) is 44.1 Å². The van der Waals surface area contributed by atoms with Gasteiger partial charge < -0.3 is 19.4 Å². The van der Waals surface area contributed by atoms with Crippen molar-refractivity contribution < 1.29 is 38.5 Å². The molecule has 0 amide bonds. The van der Waals surface area contributed by atoms with Crippen molar-refractivity contribution in [2.45, 2.75) is 51.4 Å². The van der Waals surface area contributed by atoms with Gasteiger partial charge in [0.25, 0.3) is 0 Å². The van der Waals surface area contributed by atoms with Crippen LogP contribution in [-0.2, 0) is 19.2 Å². The monoisotopic (exact) mass is 772 g/mol. The van der Waals surface area contributed by atoms with Crippen molar-refractivity contribution in [3.63, 3.8) is 0 Å². The Labute approximate surface area is 320 Å². The maximum absolute atomic E-state index is 13.4. The number of hydrogen-bond acceptors (Lipinski definition) is 16. The van der Waals surface area contributed by atoms with E-state index in [1.165, 1.54) is 0 Å². The zero-order valence-electron chi connectivity index (χ0n) is 30.0. The normalized spacial score (nSPS) is 11.6. The van der Waals surface area contributed by atoms with Gasteiger partial charge in [0.15, 0.2) is 0 Å². The molecular formula is C37H32N12O8. The van der Waals surface area contributed by atoms with Gasteiger partial charge in [-0.2, -0.15) is 0 Å². The van der Waals surface area contributed by atoms with Crippen molar-refractivity contribution >= 4 is 68.0 Å². The third kappa shape index (κ3) is 8.23. The molecule has 0 aliphatic carbocycles. The number of hydrogen-bond donors (Lipinski definition) is 0. The molecule has 0 saturated heterocycles.